The van der Waals surface area contributed by atoms with Gasteiger partial charge in [-0.2, -0.15) is 0 Å². The van der Waals surface area contributed by atoms with E-state index in [1.165, 1.54) is 18.3 Å². The van der Waals surface area contributed by atoms with Crippen molar-refractivity contribution in [1.29, 1.82) is 0 Å². The number of carboxylic acids is 1. The molecule has 0 saturated carbocycles. The Morgan fingerprint density at radius 2 is 2.35 bits per heavy atom. The molecule has 0 unspecified atom stereocenters. The van der Waals surface area contributed by atoms with Crippen LogP contribution in [0.5, 0.6) is 0 Å². The number of pyridine rings is 1. The number of hydrogen-bond donors (Lipinski definition) is 2. The number of nitrogens with zero attached hydrogens (tertiary/aromatic N) is 2. The third-order valence-electron chi connectivity index (χ3n) is 1.74. The smallest absolute Gasteiger partial charge is 0.363 e. The average Bonchev–Trinajstić information content (AvgIpc) is 2.29. The van der Waals surface area contributed by atoms with Gasteiger partial charge in [0.15, 0.2) is 6.20 Å². The van der Waals surface area contributed by atoms with Crippen molar-refractivity contribution in [3.8, 4) is 0 Å². The van der Waals surface area contributed by atoms with Gasteiger partial charge in [-0.3, -0.25) is 0 Å². The van der Waals surface area contributed by atoms with Gasteiger partial charge in [0.05, 0.1) is 12.3 Å². The minimum atomic E-state index is -1.03. The largest absolute Gasteiger partial charge is 0.480 e. The summed E-state index contributed by atoms with van der Waals surface area (Å²) in [6, 6.07) is 2.79. The minimum Gasteiger partial charge on any atom is -0.480 e. The van der Waals surface area contributed by atoms with Gasteiger partial charge in [-0.05, 0) is 16.0 Å². The number of aliphatic carboxylic acids is 1. The van der Waals surface area contributed by atoms with Crippen molar-refractivity contribution in [1.82, 2.24) is 4.98 Å². The summed E-state index contributed by atoms with van der Waals surface area (Å²) in [4.78, 5) is 23.5. The van der Waals surface area contributed by atoms with Crippen molar-refractivity contribution in [3.63, 3.8) is 0 Å². The Kier molecular flexibility index (Phi) is 4.82. The average molecular weight is 241 g/mol. The van der Waals surface area contributed by atoms with E-state index in [4.69, 9.17) is 9.84 Å². The molecule has 8 nitrogen and oxygen atoms in total. The second-order valence-corrected chi connectivity index (χ2v) is 3.04. The number of carboxylic acid groups (broad SMARTS) is 1. The van der Waals surface area contributed by atoms with E-state index < -0.39 is 10.9 Å². The highest BCUT2D eigenvalue weighted by Crippen LogP contribution is 2.10. The Balaban J connectivity index is 2.27. The Labute approximate surface area is 96.4 Å². The molecule has 1 aromatic heterocycles. The van der Waals surface area contributed by atoms with Crippen molar-refractivity contribution in [2.75, 3.05) is 25.1 Å². The zero-order valence-electron chi connectivity index (χ0n) is 8.83. The molecule has 0 spiro atoms. The summed E-state index contributed by atoms with van der Waals surface area (Å²) in [6.45, 7) is 0.274. The van der Waals surface area contributed by atoms with Crippen molar-refractivity contribution < 1.29 is 19.6 Å². The molecule has 8 heteroatoms. The van der Waals surface area contributed by atoms with Gasteiger partial charge in [0, 0.05) is 12.6 Å². The van der Waals surface area contributed by atoms with Crippen LogP contribution >= 0.6 is 0 Å². The molecular formula is C9H11N3O5. The summed E-state index contributed by atoms with van der Waals surface area (Å²) >= 11 is 0. The molecule has 17 heavy (non-hydrogen) atoms. The first-order chi connectivity index (χ1) is 8.09. The van der Waals surface area contributed by atoms with Crippen LogP contribution in [0, 0.1) is 10.1 Å². The van der Waals surface area contributed by atoms with Gasteiger partial charge < -0.3 is 25.3 Å². The van der Waals surface area contributed by atoms with Crippen LogP contribution in [-0.4, -0.2) is 40.7 Å². The predicted molar refractivity (Wildman–Crippen MR) is 57.8 cm³/mol. The van der Waals surface area contributed by atoms with E-state index in [-0.39, 0.29) is 19.0 Å². The molecule has 0 bridgehead atoms. The SMILES string of the molecule is O=C(O)COCCNc1ccc([N+](=O)[O-])nc1. The van der Waals surface area contributed by atoms with Crippen LogP contribution in [0.2, 0.25) is 0 Å². The van der Waals surface area contributed by atoms with Crippen LogP contribution in [0.1, 0.15) is 0 Å². The molecule has 1 rings (SSSR count). The van der Waals surface area contributed by atoms with Crippen LogP contribution in [0.25, 0.3) is 0 Å². The van der Waals surface area contributed by atoms with Gasteiger partial charge in [-0.15, -0.1) is 0 Å². The summed E-state index contributed by atoms with van der Waals surface area (Å²) in [5.74, 6) is -1.25. The number of ether oxygens (including phenoxy) is 1. The lowest BCUT2D eigenvalue weighted by molar-refractivity contribution is -0.389. The maximum atomic E-state index is 10.3. The molecule has 0 aliphatic heterocycles. The lowest BCUT2D eigenvalue weighted by atomic mass is 10.4. The molecule has 0 atom stereocenters. The first kappa shape index (κ1) is 12.8. The number of nitro groups is 1. The first-order valence-electron chi connectivity index (χ1n) is 4.73. The molecule has 0 aromatic carbocycles. The number of nitrogens with one attached hydrogen (secondary N) is 1. The highest BCUT2D eigenvalue weighted by molar-refractivity contribution is 5.67. The van der Waals surface area contributed by atoms with Gasteiger partial charge in [0.25, 0.3) is 0 Å². The summed E-state index contributed by atoms with van der Waals surface area (Å²) in [6.07, 6.45) is 1.33. The third kappa shape index (κ3) is 4.89. The maximum absolute atomic E-state index is 10.3. The van der Waals surface area contributed by atoms with Gasteiger partial charge in [-0.1, -0.05) is 0 Å². The minimum absolute atomic E-state index is 0.224. The molecule has 0 radical (unpaired) electrons. The van der Waals surface area contributed by atoms with Crippen molar-refractivity contribution in [2.45, 2.75) is 0 Å². The number of aromatic nitrogens is 1. The van der Waals surface area contributed by atoms with Crippen molar-refractivity contribution in [3.05, 3.63) is 28.4 Å². The fourth-order valence-corrected chi connectivity index (χ4v) is 1.03. The lowest BCUT2D eigenvalue weighted by Gasteiger charge is -2.04. The maximum Gasteiger partial charge on any atom is 0.363 e. The zero-order chi connectivity index (χ0) is 12.7. The normalized spacial score (nSPS) is 9.88. The molecule has 0 aliphatic carbocycles. The molecular weight excluding hydrogens is 230 g/mol. The summed E-state index contributed by atoms with van der Waals surface area (Å²) < 4.78 is 4.79. The molecule has 1 aromatic rings. The van der Waals surface area contributed by atoms with Crippen LogP contribution in [0.4, 0.5) is 11.5 Å². The van der Waals surface area contributed by atoms with Crippen LogP contribution in [0.15, 0.2) is 18.3 Å². The summed E-state index contributed by atoms with van der Waals surface area (Å²) in [5.41, 5.74) is 0.606. The topological polar surface area (TPSA) is 115 Å². The number of carbonyl (C=O) groups is 1. The number of anilines is 1. The molecule has 2 N–H and O–H groups in total. The lowest BCUT2D eigenvalue weighted by Crippen LogP contribution is -2.14. The highest BCUT2D eigenvalue weighted by atomic mass is 16.6. The van der Waals surface area contributed by atoms with Crippen molar-refractivity contribution >= 4 is 17.5 Å². The van der Waals surface area contributed by atoms with E-state index in [9.17, 15) is 14.9 Å². The zero-order valence-corrected chi connectivity index (χ0v) is 8.83. The second kappa shape index (κ2) is 6.38. The van der Waals surface area contributed by atoms with Gasteiger partial charge in [0.1, 0.15) is 6.61 Å². The monoisotopic (exact) mass is 241 g/mol. The molecule has 0 saturated heterocycles. The molecule has 1 heterocycles. The van der Waals surface area contributed by atoms with Gasteiger partial charge in [0.2, 0.25) is 0 Å². The standard InChI is InChI=1S/C9H11N3O5/c13-9(14)6-17-4-3-10-7-1-2-8(11-5-7)12(15)16/h1-2,5,10H,3-4,6H2,(H,13,14). The Morgan fingerprint density at radius 3 is 2.88 bits per heavy atom. The Hall–Kier alpha value is -2.22. The molecule has 0 aliphatic rings. The highest BCUT2D eigenvalue weighted by Gasteiger charge is 2.05. The van der Waals surface area contributed by atoms with Gasteiger partial charge in [-0.25, -0.2) is 4.79 Å². The quantitative estimate of drug-likeness (QED) is 0.405. The number of hydrogen-bond acceptors (Lipinski definition) is 6. The Morgan fingerprint density at radius 1 is 1.59 bits per heavy atom. The predicted octanol–water partition coefficient (Wildman–Crippen LogP) is 0.503. The molecule has 0 fully saturated rings. The van der Waals surface area contributed by atoms with E-state index >= 15 is 0 Å². The van der Waals surface area contributed by atoms with Crippen molar-refractivity contribution in [2.24, 2.45) is 0 Å². The third-order valence-corrected chi connectivity index (χ3v) is 1.74. The van der Waals surface area contributed by atoms with E-state index in [0.717, 1.165) is 0 Å². The summed E-state index contributed by atoms with van der Waals surface area (Å²) in [7, 11) is 0. The fourth-order valence-electron chi connectivity index (χ4n) is 1.03. The van der Waals surface area contributed by atoms with Crippen LogP contribution < -0.4 is 5.32 Å². The van der Waals surface area contributed by atoms with Crippen LogP contribution in [0.3, 0.4) is 0 Å². The summed E-state index contributed by atoms with van der Waals surface area (Å²) in [5, 5.41) is 21.5. The first-order valence-corrected chi connectivity index (χ1v) is 4.73. The molecule has 0 amide bonds. The van der Waals surface area contributed by atoms with E-state index in [0.29, 0.717) is 12.2 Å². The van der Waals surface area contributed by atoms with E-state index in [1.807, 2.05) is 0 Å². The second-order valence-electron chi connectivity index (χ2n) is 3.04. The van der Waals surface area contributed by atoms with Crippen LogP contribution in [-0.2, 0) is 9.53 Å². The fraction of sp³-hybridized carbons (Fsp3) is 0.333. The van der Waals surface area contributed by atoms with Gasteiger partial charge >= 0.3 is 11.8 Å². The molecule has 92 valence electrons. The van der Waals surface area contributed by atoms with E-state index in [2.05, 4.69) is 10.3 Å². The Bertz CT molecular complexity index is 392. The van der Waals surface area contributed by atoms with E-state index in [1.54, 1.807) is 0 Å². The number of rotatable bonds is 7.